The third-order valence-electron chi connectivity index (χ3n) is 2.99. The molecule has 100 valence electrons. The molecule has 0 unspecified atom stereocenters. The Morgan fingerprint density at radius 1 is 1.50 bits per heavy atom. The standard InChI is InChI=1S/C12H20N4O2/c1-11(2,3)18-10(17)15-8-12(7-13,9-15)16-6-4-5-14-16/h4-6H,7-9,13H2,1-3H3. The zero-order chi connectivity index (χ0) is 13.4. The van der Waals surface area contributed by atoms with Crippen LogP contribution in [-0.2, 0) is 10.3 Å². The van der Waals surface area contributed by atoms with Gasteiger partial charge in [0.15, 0.2) is 0 Å². The van der Waals surface area contributed by atoms with Gasteiger partial charge in [-0.05, 0) is 26.8 Å². The van der Waals surface area contributed by atoms with Crippen LogP contribution in [0, 0.1) is 0 Å². The fourth-order valence-electron chi connectivity index (χ4n) is 2.04. The van der Waals surface area contributed by atoms with Crippen LogP contribution < -0.4 is 5.73 Å². The molecule has 1 fully saturated rings. The first-order valence-electron chi connectivity index (χ1n) is 6.04. The largest absolute Gasteiger partial charge is 0.444 e. The summed E-state index contributed by atoms with van der Waals surface area (Å²) in [4.78, 5) is 13.5. The number of hydrogen-bond donors (Lipinski definition) is 1. The van der Waals surface area contributed by atoms with Gasteiger partial charge in [-0.15, -0.1) is 0 Å². The molecule has 1 saturated heterocycles. The van der Waals surface area contributed by atoms with Crippen molar-refractivity contribution in [1.82, 2.24) is 14.7 Å². The molecule has 1 aliphatic heterocycles. The molecule has 6 nitrogen and oxygen atoms in total. The first kappa shape index (κ1) is 12.9. The van der Waals surface area contributed by atoms with Crippen LogP contribution in [0.2, 0.25) is 0 Å². The Hall–Kier alpha value is -1.56. The van der Waals surface area contributed by atoms with Crippen molar-refractivity contribution in [1.29, 1.82) is 0 Å². The highest BCUT2D eigenvalue weighted by molar-refractivity contribution is 5.69. The summed E-state index contributed by atoms with van der Waals surface area (Å²) in [6.45, 7) is 7.10. The minimum absolute atomic E-state index is 0.277. The van der Waals surface area contributed by atoms with Gasteiger partial charge in [0.05, 0.1) is 13.1 Å². The maximum atomic E-state index is 11.8. The molecule has 2 rings (SSSR count). The number of nitrogens with zero attached hydrogens (tertiary/aromatic N) is 3. The molecule has 1 amide bonds. The van der Waals surface area contributed by atoms with Crippen LogP contribution >= 0.6 is 0 Å². The zero-order valence-corrected chi connectivity index (χ0v) is 11.1. The molecule has 0 radical (unpaired) electrons. The highest BCUT2D eigenvalue weighted by atomic mass is 16.6. The Bertz CT molecular complexity index is 416. The lowest BCUT2D eigenvalue weighted by Gasteiger charge is -2.49. The van der Waals surface area contributed by atoms with Crippen LogP contribution in [0.5, 0.6) is 0 Å². The SMILES string of the molecule is CC(C)(C)OC(=O)N1CC(CN)(n2cccn2)C1. The van der Waals surface area contributed by atoms with Crippen LogP contribution in [0.15, 0.2) is 18.5 Å². The van der Waals surface area contributed by atoms with Gasteiger partial charge in [-0.2, -0.15) is 5.10 Å². The van der Waals surface area contributed by atoms with Gasteiger partial charge in [-0.25, -0.2) is 4.79 Å². The number of likely N-dealkylation sites (tertiary alicyclic amines) is 1. The Balaban J connectivity index is 1.98. The van der Waals surface area contributed by atoms with E-state index in [0.29, 0.717) is 19.6 Å². The second-order valence-corrected chi connectivity index (χ2v) is 5.72. The summed E-state index contributed by atoms with van der Waals surface area (Å²) in [7, 11) is 0. The van der Waals surface area contributed by atoms with E-state index < -0.39 is 5.60 Å². The lowest BCUT2D eigenvalue weighted by Crippen LogP contribution is -2.67. The molecule has 0 spiro atoms. The maximum Gasteiger partial charge on any atom is 0.410 e. The Morgan fingerprint density at radius 3 is 2.61 bits per heavy atom. The predicted octanol–water partition coefficient (Wildman–Crippen LogP) is 0.788. The van der Waals surface area contributed by atoms with Crippen molar-refractivity contribution >= 4 is 6.09 Å². The molecule has 1 aromatic heterocycles. The number of amides is 1. The molecule has 0 aliphatic carbocycles. The summed E-state index contributed by atoms with van der Waals surface area (Å²) < 4.78 is 7.14. The first-order valence-corrected chi connectivity index (χ1v) is 6.04. The van der Waals surface area contributed by atoms with Gasteiger partial charge >= 0.3 is 6.09 Å². The summed E-state index contributed by atoms with van der Waals surface area (Å²) >= 11 is 0. The highest BCUT2D eigenvalue weighted by Gasteiger charge is 2.47. The Kier molecular flexibility index (Phi) is 3.06. The average Bonchev–Trinajstić information content (AvgIpc) is 2.67. The smallest absolute Gasteiger partial charge is 0.410 e. The summed E-state index contributed by atoms with van der Waals surface area (Å²) in [5, 5.41) is 4.21. The van der Waals surface area contributed by atoms with E-state index in [-0.39, 0.29) is 11.6 Å². The van der Waals surface area contributed by atoms with Crippen molar-refractivity contribution in [2.24, 2.45) is 5.73 Å². The van der Waals surface area contributed by atoms with Crippen molar-refractivity contribution in [2.75, 3.05) is 19.6 Å². The van der Waals surface area contributed by atoms with E-state index in [1.165, 1.54) is 0 Å². The van der Waals surface area contributed by atoms with Gasteiger partial charge in [0, 0.05) is 18.9 Å². The molecule has 2 N–H and O–H groups in total. The lowest BCUT2D eigenvalue weighted by atomic mass is 9.90. The zero-order valence-electron chi connectivity index (χ0n) is 11.1. The van der Waals surface area contributed by atoms with E-state index in [0.717, 1.165) is 0 Å². The van der Waals surface area contributed by atoms with Crippen molar-refractivity contribution < 1.29 is 9.53 Å². The van der Waals surface area contributed by atoms with Crippen molar-refractivity contribution in [3.8, 4) is 0 Å². The molecule has 18 heavy (non-hydrogen) atoms. The Morgan fingerprint density at radius 2 is 2.17 bits per heavy atom. The number of hydrogen-bond acceptors (Lipinski definition) is 4. The number of ether oxygens (including phenoxy) is 1. The maximum absolute atomic E-state index is 11.8. The topological polar surface area (TPSA) is 73.4 Å². The molecule has 0 aromatic carbocycles. The first-order chi connectivity index (χ1) is 8.36. The second kappa shape index (κ2) is 4.28. The van der Waals surface area contributed by atoms with E-state index in [1.54, 1.807) is 11.1 Å². The normalized spacial score (nSPS) is 18.3. The molecule has 0 atom stereocenters. The molecular formula is C12H20N4O2. The number of aromatic nitrogens is 2. The molecule has 1 aliphatic rings. The van der Waals surface area contributed by atoms with Crippen LogP contribution in [-0.4, -0.2) is 46.0 Å². The molecule has 0 saturated carbocycles. The van der Waals surface area contributed by atoms with E-state index in [1.807, 2.05) is 37.7 Å². The van der Waals surface area contributed by atoms with Gasteiger partial charge in [0.2, 0.25) is 0 Å². The number of nitrogens with two attached hydrogens (primary N) is 1. The second-order valence-electron chi connectivity index (χ2n) is 5.72. The van der Waals surface area contributed by atoms with E-state index in [2.05, 4.69) is 5.10 Å². The van der Waals surface area contributed by atoms with Gasteiger partial charge in [-0.1, -0.05) is 0 Å². The van der Waals surface area contributed by atoms with Crippen LogP contribution in [0.1, 0.15) is 20.8 Å². The quantitative estimate of drug-likeness (QED) is 0.844. The van der Waals surface area contributed by atoms with E-state index in [4.69, 9.17) is 10.5 Å². The van der Waals surface area contributed by atoms with Gasteiger partial charge in [-0.3, -0.25) is 4.68 Å². The van der Waals surface area contributed by atoms with Crippen molar-refractivity contribution in [3.05, 3.63) is 18.5 Å². The van der Waals surface area contributed by atoms with Crippen LogP contribution in [0.3, 0.4) is 0 Å². The average molecular weight is 252 g/mol. The molecule has 2 heterocycles. The third kappa shape index (κ3) is 2.33. The van der Waals surface area contributed by atoms with Gasteiger partial charge in [0.1, 0.15) is 11.1 Å². The van der Waals surface area contributed by atoms with Gasteiger partial charge in [0.25, 0.3) is 0 Å². The van der Waals surface area contributed by atoms with E-state index in [9.17, 15) is 4.79 Å². The van der Waals surface area contributed by atoms with Crippen molar-refractivity contribution in [3.63, 3.8) is 0 Å². The molecule has 6 heteroatoms. The Labute approximate surface area is 107 Å². The number of rotatable bonds is 2. The highest BCUT2D eigenvalue weighted by Crippen LogP contribution is 2.28. The summed E-state index contributed by atoms with van der Waals surface area (Å²) in [5.74, 6) is 0. The molecule has 0 bridgehead atoms. The minimum atomic E-state index is -0.469. The number of carbonyl (C=O) groups excluding carboxylic acids is 1. The summed E-state index contributed by atoms with van der Waals surface area (Å²) in [6.07, 6.45) is 3.30. The van der Waals surface area contributed by atoms with Gasteiger partial charge < -0.3 is 15.4 Å². The summed E-state index contributed by atoms with van der Waals surface area (Å²) in [5.41, 5.74) is 5.06. The molecule has 1 aromatic rings. The molecular weight excluding hydrogens is 232 g/mol. The van der Waals surface area contributed by atoms with Crippen molar-refractivity contribution in [2.45, 2.75) is 31.9 Å². The fourth-order valence-corrected chi connectivity index (χ4v) is 2.04. The minimum Gasteiger partial charge on any atom is -0.444 e. The van der Waals surface area contributed by atoms with E-state index >= 15 is 0 Å². The monoisotopic (exact) mass is 252 g/mol. The number of carbonyl (C=O) groups is 1. The lowest BCUT2D eigenvalue weighted by molar-refractivity contribution is -0.0297. The predicted molar refractivity (Wildman–Crippen MR) is 67.1 cm³/mol. The third-order valence-corrected chi connectivity index (χ3v) is 2.99. The summed E-state index contributed by atoms with van der Waals surface area (Å²) in [6, 6.07) is 1.85. The van der Waals surface area contributed by atoms with Crippen LogP contribution in [0.25, 0.3) is 0 Å². The fraction of sp³-hybridized carbons (Fsp3) is 0.667. The van der Waals surface area contributed by atoms with Crippen LogP contribution in [0.4, 0.5) is 4.79 Å².